The maximum Gasteiger partial charge on any atom is 0.369 e. The number of nitrogens with zero attached hydrogens (tertiary/aromatic N) is 4. The lowest BCUT2D eigenvalue weighted by atomic mass is 9.95. The molecule has 2 atom stereocenters. The first-order valence-electron chi connectivity index (χ1n) is 28.8. The summed E-state index contributed by atoms with van der Waals surface area (Å²) in [6.07, 6.45) is 0.602. The summed E-state index contributed by atoms with van der Waals surface area (Å²) in [5, 5.41) is 14.9. The molecule has 2 aliphatic heterocycles. The zero-order valence-corrected chi connectivity index (χ0v) is 60.4. The van der Waals surface area contributed by atoms with Gasteiger partial charge in [-0.05, 0) is 76.8 Å². The highest BCUT2D eigenvalue weighted by Gasteiger charge is 2.35. The van der Waals surface area contributed by atoms with Crippen molar-refractivity contribution in [1.29, 1.82) is 0 Å². The van der Waals surface area contributed by atoms with Gasteiger partial charge in [0.05, 0.1) is 31.2 Å². The van der Waals surface area contributed by atoms with Crippen LogP contribution in [-0.2, 0) is 69.5 Å². The van der Waals surface area contributed by atoms with Crippen LogP contribution in [0.3, 0.4) is 0 Å². The van der Waals surface area contributed by atoms with Crippen molar-refractivity contribution >= 4 is 171 Å². The van der Waals surface area contributed by atoms with Gasteiger partial charge in [0.2, 0.25) is 11.8 Å². The molecule has 2 aliphatic rings. The molecule has 0 aromatic heterocycles. The van der Waals surface area contributed by atoms with Gasteiger partial charge in [-0.25, -0.2) is 9.59 Å². The van der Waals surface area contributed by atoms with E-state index in [-0.39, 0.29) is 125 Å². The van der Waals surface area contributed by atoms with E-state index in [0.717, 1.165) is 27.8 Å². The van der Waals surface area contributed by atoms with Crippen LogP contribution < -0.4 is 10.6 Å². The third-order valence-electron chi connectivity index (χ3n) is 14.9. The number of benzene rings is 7. The smallest absolute Gasteiger partial charge is 0.369 e. The number of amides is 6. The fraction of sp³-hybridized carbons (Fsp3) is 0.265. The van der Waals surface area contributed by atoms with Gasteiger partial charge < -0.3 is 40.1 Å². The Labute approximate surface area is 607 Å². The number of ether oxygens (including phenoxy) is 1. The van der Waals surface area contributed by atoms with Crippen molar-refractivity contribution in [1.82, 2.24) is 30.2 Å². The Kier molecular flexibility index (Phi) is 33.8. The molecule has 498 valence electrons. The number of carbonyl (C=O) groups is 8. The summed E-state index contributed by atoms with van der Waals surface area (Å²) in [5.41, 5.74) is 6.20. The minimum atomic E-state index is -1.34. The van der Waals surface area contributed by atoms with Crippen molar-refractivity contribution in [3.8, 4) is 0 Å². The van der Waals surface area contributed by atoms with Crippen LogP contribution in [0.1, 0.15) is 113 Å². The van der Waals surface area contributed by atoms with Gasteiger partial charge in [0.25, 0.3) is 23.6 Å². The third-order valence-corrected chi connectivity index (χ3v) is 16.3. The molecule has 0 fully saturated rings. The largest absolute Gasteiger partial charge is 0.480 e. The third kappa shape index (κ3) is 23.2. The van der Waals surface area contributed by atoms with E-state index in [9.17, 15) is 43.5 Å². The molecule has 2 heterocycles. The number of carbonyl (C=O) groups excluding carboxylic acids is 7. The molecule has 0 saturated heterocycles. The molecule has 0 radical (unpaired) electrons. The molecule has 26 heteroatoms. The van der Waals surface area contributed by atoms with Gasteiger partial charge in [-0.3, -0.25) is 28.8 Å². The highest BCUT2D eigenvalue weighted by Crippen LogP contribution is 2.37. The fourth-order valence-electron chi connectivity index (χ4n) is 10.2. The molecule has 0 unspecified atom stereocenters. The van der Waals surface area contributed by atoms with E-state index < -0.39 is 35.8 Å². The molecule has 6 amide bonds. The van der Waals surface area contributed by atoms with Crippen molar-refractivity contribution < 1.29 is 48.2 Å². The lowest BCUT2D eigenvalue weighted by Gasteiger charge is -2.30. The Balaban J connectivity index is 0.000000371. The summed E-state index contributed by atoms with van der Waals surface area (Å²) in [5.74, 6) is -4.40. The molecular weight excluding hydrogens is 1520 g/mol. The van der Waals surface area contributed by atoms with Crippen LogP contribution in [0.4, 0.5) is 0 Å². The van der Waals surface area contributed by atoms with Gasteiger partial charge in [-0.15, -0.1) is 47.3 Å². The van der Waals surface area contributed by atoms with Crippen molar-refractivity contribution in [3.05, 3.63) is 245 Å². The molecule has 0 saturated carbocycles. The molecule has 0 aliphatic carbocycles. The van der Waals surface area contributed by atoms with E-state index in [0.29, 0.717) is 74.4 Å². The highest BCUT2D eigenvalue weighted by atomic mass is 79.9. The number of carboxylic acid groups (broad SMARTS) is 1. The van der Waals surface area contributed by atoms with Crippen LogP contribution in [0.5, 0.6) is 0 Å². The molecule has 0 bridgehead atoms. The van der Waals surface area contributed by atoms with E-state index in [1.54, 1.807) is 28.8 Å². The Hall–Kier alpha value is -6.34. The topological polar surface area (TPSA) is 203 Å². The number of carboxylic acids is 1. The number of halogens is 7. The normalized spacial score (nSPS) is 12.5. The number of rotatable bonds is 22. The zero-order chi connectivity index (χ0) is 65.7. The van der Waals surface area contributed by atoms with E-state index in [2.05, 4.69) is 57.9 Å². The molecule has 94 heavy (non-hydrogen) atoms. The first-order valence-corrected chi connectivity index (χ1v) is 33.1. The van der Waals surface area contributed by atoms with Gasteiger partial charge in [0.1, 0.15) is 18.7 Å². The maximum atomic E-state index is 13.7. The van der Waals surface area contributed by atoms with Crippen LogP contribution in [0.25, 0.3) is 0 Å². The molecule has 7 aromatic rings. The van der Waals surface area contributed by atoms with Gasteiger partial charge in [0, 0.05) is 77.3 Å². The molecular formula is C68H72BBr3Cl4N6O10S2. The van der Waals surface area contributed by atoms with Crippen molar-refractivity contribution in [3.63, 3.8) is 0 Å². The average molecular weight is 1590 g/mol. The minimum Gasteiger partial charge on any atom is -0.480 e. The van der Waals surface area contributed by atoms with E-state index >= 15 is 0 Å². The van der Waals surface area contributed by atoms with Crippen LogP contribution in [0, 0.1) is 0 Å². The summed E-state index contributed by atoms with van der Waals surface area (Å²) < 4.78 is 5.82. The summed E-state index contributed by atoms with van der Waals surface area (Å²) in [7, 11) is 3.32. The Morgan fingerprint density at radius 3 is 1.21 bits per heavy atom. The molecule has 9 rings (SSSR count). The van der Waals surface area contributed by atoms with Crippen LogP contribution >= 0.6 is 121 Å². The molecule has 3 N–H and O–H groups in total. The quantitative estimate of drug-likeness (QED) is 0.0433. The second-order valence-electron chi connectivity index (χ2n) is 21.4. The fourth-order valence-corrected chi connectivity index (χ4v) is 11.6. The average Bonchev–Trinajstić information content (AvgIpc) is 0.777. The zero-order valence-electron chi connectivity index (χ0n) is 50.6. The number of fused-ring (bicyclic) bond motifs is 2. The predicted molar refractivity (Wildman–Crippen MR) is 393 cm³/mol. The number of esters is 1. The minimum absolute atomic E-state index is 0. The van der Waals surface area contributed by atoms with E-state index in [4.69, 9.17) is 51.1 Å². The SMILES string of the molecule is BrB(Br)Br.C.CN(Cc1ccccc1)C(=O)CC[C@H](NC(=O)c1c(Cl)cc2c(c1Cl)CCN(Cc1ccccc1)C2=O)C(=O)O.CN(Cc1ccccc1)C(=O)CC[C@H](NC(=O)c1c(Cl)cc2c(c1Cl)CCN(Cc1ccccc1)C2=O)C(=O)OCc1ccccc1.S.S. The number of aliphatic carboxylic acids is 1. The second-order valence-corrected chi connectivity index (χ2v) is 29.4. The second kappa shape index (κ2) is 39.6. The van der Waals surface area contributed by atoms with E-state index in [1.165, 1.54) is 17.0 Å². The van der Waals surface area contributed by atoms with E-state index in [1.807, 2.05) is 152 Å². The maximum absolute atomic E-state index is 13.7. The molecule has 7 aromatic carbocycles. The Bertz CT molecular complexity index is 3720. The number of hydrogen-bond donors (Lipinski definition) is 3. The van der Waals surface area contributed by atoms with Crippen LogP contribution in [0.2, 0.25) is 20.1 Å². The van der Waals surface area contributed by atoms with Crippen molar-refractivity contribution in [2.45, 2.75) is 90.8 Å². The summed E-state index contributed by atoms with van der Waals surface area (Å²) >= 11 is 35.7. The van der Waals surface area contributed by atoms with Crippen LogP contribution in [-0.4, -0.2) is 115 Å². The molecule has 0 spiro atoms. The first-order chi connectivity index (χ1) is 43.6. The predicted octanol–water partition coefficient (Wildman–Crippen LogP) is 14.3. The summed E-state index contributed by atoms with van der Waals surface area (Å²) in [6, 6.07) is 47.7. The lowest BCUT2D eigenvalue weighted by molar-refractivity contribution is -0.147. The standard InChI is InChI=1S/C37H35Cl2N3O5.C30H29Cl2N3O5.CH4.BBr3.2H2S/c1-41(22-25-11-5-2-6-12-25)32(43)18-17-31(37(46)47-24-27-15-9-4-10-16-27)40-35(44)33-30(38)21-29-28(34(33)39)19-20-42(36(29)45)23-26-13-7-3-8-14-26;1-34(17-19-8-4-2-5-9-19)25(36)13-12-24(30(39)40)33-28(37)26-23(31)16-22-21(27(26)32)14-15-35(29(22)38)18-20-10-6-3-7-11-20;;2-1(3)4;;/h2-16,21,31H,17-20,22-24H2,1H3,(H,40,44);2-11,16,24H,12-15,17-18H2,1H3,(H,33,37)(H,39,40);1H4;;2*1H2/t31-;24-;;;;/m00..../s1. The summed E-state index contributed by atoms with van der Waals surface area (Å²) in [4.78, 5) is 111. The Morgan fingerprint density at radius 1 is 0.543 bits per heavy atom. The van der Waals surface area contributed by atoms with Crippen LogP contribution in [0.15, 0.2) is 164 Å². The van der Waals surface area contributed by atoms with Crippen molar-refractivity contribution in [2.24, 2.45) is 0 Å². The van der Waals surface area contributed by atoms with Gasteiger partial charge >= 0.3 is 15.1 Å². The molecule has 16 nitrogen and oxygen atoms in total. The Morgan fingerprint density at radius 2 is 0.862 bits per heavy atom. The first kappa shape index (κ1) is 80.1. The van der Waals surface area contributed by atoms with Gasteiger partial charge in [0.15, 0.2) is 0 Å². The van der Waals surface area contributed by atoms with Gasteiger partial charge in [-0.1, -0.05) is 205 Å². The number of nitrogens with one attached hydrogen (secondary N) is 2. The monoisotopic (exact) mass is 1580 g/mol. The van der Waals surface area contributed by atoms with Gasteiger partial charge in [-0.2, -0.15) is 27.0 Å². The van der Waals surface area contributed by atoms with Crippen molar-refractivity contribution in [2.75, 3.05) is 27.2 Å². The highest BCUT2D eigenvalue weighted by molar-refractivity contribution is 9.69. The lowest BCUT2D eigenvalue weighted by Crippen LogP contribution is -2.43. The number of hydrogen-bond acceptors (Lipinski definition) is 9. The summed E-state index contributed by atoms with van der Waals surface area (Å²) in [6.45, 7) is 2.45.